The first kappa shape index (κ1) is 26.7. The van der Waals surface area contributed by atoms with E-state index in [0.29, 0.717) is 46.5 Å². The molecule has 2 heterocycles. The molecule has 0 amide bonds. The van der Waals surface area contributed by atoms with Gasteiger partial charge in [0.15, 0.2) is 17.4 Å². The Morgan fingerprint density at radius 1 is 0.976 bits per heavy atom. The number of rotatable bonds is 4. The minimum absolute atomic E-state index is 0.00983. The zero-order chi connectivity index (χ0) is 29.5. The molecular formula is C33H23F2N5O2. The van der Waals surface area contributed by atoms with Crippen molar-refractivity contribution in [3.8, 4) is 23.8 Å². The lowest BCUT2D eigenvalue weighted by Crippen LogP contribution is -2.39. The highest BCUT2D eigenvalue weighted by Crippen LogP contribution is 2.49. The second-order valence-corrected chi connectivity index (χ2v) is 10.2. The number of carbonyl (C=O) groups is 1. The van der Waals surface area contributed by atoms with Crippen LogP contribution in [0.3, 0.4) is 0 Å². The van der Waals surface area contributed by atoms with E-state index in [2.05, 4.69) is 12.1 Å². The van der Waals surface area contributed by atoms with E-state index in [0.717, 1.165) is 23.1 Å². The second-order valence-electron chi connectivity index (χ2n) is 10.2. The predicted octanol–water partition coefficient (Wildman–Crippen LogP) is 6.79. The van der Waals surface area contributed by atoms with Crippen LogP contribution in [-0.4, -0.2) is 10.8 Å². The van der Waals surface area contributed by atoms with Crippen LogP contribution >= 0.6 is 0 Å². The zero-order valence-electron chi connectivity index (χ0n) is 22.5. The summed E-state index contributed by atoms with van der Waals surface area (Å²) in [7, 11) is 0. The molecule has 1 aromatic heterocycles. The highest BCUT2D eigenvalue weighted by Gasteiger charge is 2.42. The summed E-state index contributed by atoms with van der Waals surface area (Å²) in [5.74, 6) is -2.59. The van der Waals surface area contributed by atoms with Crippen molar-refractivity contribution in [2.24, 2.45) is 5.73 Å². The van der Waals surface area contributed by atoms with Crippen LogP contribution in [0.1, 0.15) is 41.9 Å². The summed E-state index contributed by atoms with van der Waals surface area (Å²) in [4.78, 5) is 19.9. The number of halogens is 2. The monoisotopic (exact) mass is 559 g/mol. The Balaban J connectivity index is 1.60. The molecule has 1 aliphatic heterocycles. The summed E-state index contributed by atoms with van der Waals surface area (Å²) in [6, 6.07) is 21.7. The molecule has 0 spiro atoms. The number of Topliss-reactive ketones (excluding diaryl/α,β-unsaturated/α-hetero) is 1. The minimum Gasteiger partial charge on any atom is -0.439 e. The molecule has 206 valence electrons. The van der Waals surface area contributed by atoms with Gasteiger partial charge in [-0.3, -0.25) is 9.69 Å². The van der Waals surface area contributed by atoms with Crippen LogP contribution < -0.4 is 15.4 Å². The number of hydrogen-bond donors (Lipinski definition) is 1. The van der Waals surface area contributed by atoms with E-state index in [4.69, 9.17) is 15.5 Å². The normalized spacial score (nSPS) is 16.7. The quantitative estimate of drug-likeness (QED) is 0.293. The molecule has 1 aliphatic carbocycles. The summed E-state index contributed by atoms with van der Waals surface area (Å²) in [5.41, 5.74) is 10.3. The number of nitrogens with zero attached hydrogens (tertiary/aromatic N) is 4. The molecule has 0 saturated carbocycles. The molecule has 0 bridgehead atoms. The van der Waals surface area contributed by atoms with Gasteiger partial charge in [-0.05, 0) is 74.4 Å². The molecule has 2 N–H and O–H groups in total. The number of allylic oxidation sites excluding steroid dienone is 3. The van der Waals surface area contributed by atoms with E-state index in [1.807, 2.05) is 31.2 Å². The molecule has 4 aromatic rings. The third-order valence-electron chi connectivity index (χ3n) is 7.55. The number of ketones is 1. The van der Waals surface area contributed by atoms with Crippen LogP contribution in [0.2, 0.25) is 0 Å². The average molecular weight is 560 g/mol. The van der Waals surface area contributed by atoms with Gasteiger partial charge in [0.2, 0.25) is 5.88 Å². The highest BCUT2D eigenvalue weighted by molar-refractivity contribution is 6.01. The number of ether oxygens (including phenoxy) is 1. The summed E-state index contributed by atoms with van der Waals surface area (Å²) < 4.78 is 34.4. The van der Waals surface area contributed by atoms with Crippen molar-refractivity contribution in [3.63, 3.8) is 0 Å². The first-order valence-electron chi connectivity index (χ1n) is 13.3. The summed E-state index contributed by atoms with van der Waals surface area (Å²) >= 11 is 0. The number of anilines is 1. The van der Waals surface area contributed by atoms with Crippen LogP contribution in [-0.2, 0) is 4.79 Å². The predicted molar refractivity (Wildman–Crippen MR) is 152 cm³/mol. The number of carbonyl (C=O) groups excluding carboxylic acids is 1. The van der Waals surface area contributed by atoms with E-state index in [-0.39, 0.29) is 35.2 Å². The van der Waals surface area contributed by atoms with Gasteiger partial charge in [0.25, 0.3) is 0 Å². The minimum atomic E-state index is -1.07. The third kappa shape index (κ3) is 4.51. The van der Waals surface area contributed by atoms with Crippen LogP contribution in [0.5, 0.6) is 11.6 Å². The van der Waals surface area contributed by atoms with E-state index < -0.39 is 17.6 Å². The van der Waals surface area contributed by atoms with Crippen LogP contribution in [0.15, 0.2) is 89.4 Å². The van der Waals surface area contributed by atoms with Crippen molar-refractivity contribution in [2.75, 3.05) is 4.90 Å². The molecule has 0 radical (unpaired) electrons. The van der Waals surface area contributed by atoms with Crippen molar-refractivity contribution < 1.29 is 18.3 Å². The van der Waals surface area contributed by atoms with Gasteiger partial charge < -0.3 is 10.5 Å². The second kappa shape index (κ2) is 10.5. The lowest BCUT2D eigenvalue weighted by Gasteiger charge is -2.39. The van der Waals surface area contributed by atoms with Crippen LogP contribution in [0.4, 0.5) is 14.5 Å². The lowest BCUT2D eigenvalue weighted by molar-refractivity contribution is -0.116. The van der Waals surface area contributed by atoms with Gasteiger partial charge in [-0.25, -0.2) is 13.8 Å². The molecule has 3 aromatic carbocycles. The molecule has 42 heavy (non-hydrogen) atoms. The molecule has 1 unspecified atom stereocenters. The number of nitrogens with two attached hydrogens (primary N) is 1. The fourth-order valence-electron chi connectivity index (χ4n) is 5.61. The summed E-state index contributed by atoms with van der Waals surface area (Å²) in [5, 5.41) is 20.4. The fourth-order valence-corrected chi connectivity index (χ4v) is 5.61. The van der Waals surface area contributed by atoms with Gasteiger partial charge in [0.1, 0.15) is 11.6 Å². The number of nitriles is 2. The summed E-state index contributed by atoms with van der Waals surface area (Å²) in [6.45, 7) is 1.95. The Morgan fingerprint density at radius 3 is 2.48 bits per heavy atom. The molecule has 2 aliphatic rings. The van der Waals surface area contributed by atoms with Crippen molar-refractivity contribution in [1.82, 2.24) is 4.98 Å². The zero-order valence-corrected chi connectivity index (χ0v) is 22.5. The van der Waals surface area contributed by atoms with Crippen molar-refractivity contribution in [2.45, 2.75) is 32.1 Å². The van der Waals surface area contributed by atoms with Gasteiger partial charge in [0, 0.05) is 34.7 Å². The van der Waals surface area contributed by atoms with Gasteiger partial charge in [-0.15, -0.1) is 0 Å². The first-order chi connectivity index (χ1) is 20.3. The highest BCUT2D eigenvalue weighted by atomic mass is 19.2. The molecule has 7 nitrogen and oxygen atoms in total. The number of fused-ring (bicyclic) bond motifs is 1. The largest absolute Gasteiger partial charge is 0.439 e. The average Bonchev–Trinajstić information content (AvgIpc) is 2.98. The topological polar surface area (TPSA) is 116 Å². The Hall–Kier alpha value is -5.54. The van der Waals surface area contributed by atoms with Crippen molar-refractivity contribution in [3.05, 3.63) is 118 Å². The maximum atomic E-state index is 14.3. The number of aromatic nitrogens is 1. The maximum Gasteiger partial charge on any atom is 0.224 e. The van der Waals surface area contributed by atoms with E-state index in [9.17, 15) is 24.1 Å². The number of aryl methyl sites for hydroxylation is 1. The molecule has 1 atom stereocenters. The van der Waals surface area contributed by atoms with Gasteiger partial charge in [-0.1, -0.05) is 11.6 Å². The number of pyridine rings is 1. The molecule has 9 heteroatoms. The Bertz CT molecular complexity index is 1930. The Labute approximate surface area is 240 Å². The standard InChI is InChI=1S/C33H23F2N5O2/c1-18-5-12-27-20(13-18)14-23(33(39-27)42-22-9-6-19(16-36)7-10-22)30-24(17-37)32(38)40(21-8-11-25(34)26(35)15-21)28-3-2-4-29(41)31(28)30/h5-15,30H,2-4,38H2,1H3. The summed E-state index contributed by atoms with van der Waals surface area (Å²) in [6.07, 6.45) is 1.22. The van der Waals surface area contributed by atoms with Crippen LogP contribution in [0.25, 0.3) is 10.9 Å². The molecular weight excluding hydrogens is 536 g/mol. The van der Waals surface area contributed by atoms with Crippen molar-refractivity contribution in [1.29, 1.82) is 10.5 Å². The van der Waals surface area contributed by atoms with Crippen molar-refractivity contribution >= 4 is 22.4 Å². The smallest absolute Gasteiger partial charge is 0.224 e. The lowest BCUT2D eigenvalue weighted by atomic mass is 9.75. The maximum absolute atomic E-state index is 14.3. The van der Waals surface area contributed by atoms with Gasteiger partial charge in [0.05, 0.1) is 40.4 Å². The molecule has 0 saturated heterocycles. The number of hydrogen-bond acceptors (Lipinski definition) is 7. The third-order valence-corrected chi connectivity index (χ3v) is 7.55. The van der Waals surface area contributed by atoms with E-state index in [1.54, 1.807) is 24.3 Å². The molecule has 0 fully saturated rings. The Morgan fingerprint density at radius 2 is 1.76 bits per heavy atom. The van der Waals surface area contributed by atoms with Gasteiger partial charge >= 0.3 is 0 Å². The van der Waals surface area contributed by atoms with Crippen LogP contribution in [0, 0.1) is 41.2 Å². The van der Waals surface area contributed by atoms with E-state index >= 15 is 0 Å². The van der Waals surface area contributed by atoms with E-state index in [1.165, 1.54) is 11.0 Å². The number of benzene rings is 3. The molecule has 6 rings (SSSR count). The van der Waals surface area contributed by atoms with Gasteiger partial charge in [-0.2, -0.15) is 10.5 Å². The Kier molecular flexibility index (Phi) is 6.64. The fraction of sp³-hybridized carbons (Fsp3) is 0.152. The SMILES string of the molecule is Cc1ccc2nc(Oc3ccc(C#N)cc3)c(C3C(C#N)=C(N)N(c4ccc(F)c(F)c4)C4=C3C(=O)CCC4)cc2c1. The first-order valence-corrected chi connectivity index (χ1v) is 13.3.